The van der Waals surface area contributed by atoms with Gasteiger partial charge >= 0.3 is 0 Å². The second-order valence-corrected chi connectivity index (χ2v) is 7.45. The van der Waals surface area contributed by atoms with Gasteiger partial charge in [-0.1, -0.05) is 18.2 Å². The largest absolute Gasteiger partial charge is 0.493 e. The molecule has 1 aliphatic rings. The maximum atomic E-state index is 13.8. The van der Waals surface area contributed by atoms with Crippen LogP contribution in [0.2, 0.25) is 0 Å². The molecule has 1 unspecified atom stereocenters. The lowest BCUT2D eigenvalue weighted by molar-refractivity contribution is 0.0934. The summed E-state index contributed by atoms with van der Waals surface area (Å²) in [5.41, 5.74) is 0.694. The Hall–Kier alpha value is -2.45. The highest BCUT2D eigenvalue weighted by atomic mass is 32.2. The van der Waals surface area contributed by atoms with Gasteiger partial charge in [-0.05, 0) is 36.2 Å². The Balaban J connectivity index is 1.68. The van der Waals surface area contributed by atoms with Crippen LogP contribution >= 0.6 is 0 Å². The van der Waals surface area contributed by atoms with Crippen molar-refractivity contribution in [2.24, 2.45) is 11.1 Å². The fourth-order valence-corrected chi connectivity index (χ4v) is 3.25. The predicted molar refractivity (Wildman–Crippen MR) is 89.2 cm³/mol. The lowest BCUT2D eigenvalue weighted by atomic mass is 9.96. The fourth-order valence-electron chi connectivity index (χ4n) is 2.71. The molecule has 1 amide bonds. The molecule has 0 spiro atoms. The van der Waals surface area contributed by atoms with Crippen molar-refractivity contribution in [1.29, 1.82) is 0 Å². The molecule has 0 aromatic heterocycles. The quantitative estimate of drug-likeness (QED) is 0.858. The molecule has 0 radical (unpaired) electrons. The SMILES string of the molecule is NS(=O)(=O)c1ccc(F)c(C(=O)NCC2COc3ccccc3C2)c1. The highest BCUT2D eigenvalue weighted by Gasteiger charge is 2.22. The molecular weight excluding hydrogens is 347 g/mol. The van der Waals surface area contributed by atoms with Crippen molar-refractivity contribution in [2.75, 3.05) is 13.2 Å². The van der Waals surface area contributed by atoms with Crippen LogP contribution in [0, 0.1) is 11.7 Å². The minimum atomic E-state index is -4.01. The summed E-state index contributed by atoms with van der Waals surface area (Å²) in [6.07, 6.45) is 0.732. The first kappa shape index (κ1) is 17.4. The average Bonchev–Trinajstić information content (AvgIpc) is 2.59. The van der Waals surface area contributed by atoms with Crippen molar-refractivity contribution < 1.29 is 22.3 Å². The van der Waals surface area contributed by atoms with Gasteiger partial charge in [0.25, 0.3) is 5.91 Å². The number of nitrogens with one attached hydrogen (secondary N) is 1. The molecule has 0 fully saturated rings. The van der Waals surface area contributed by atoms with E-state index >= 15 is 0 Å². The zero-order chi connectivity index (χ0) is 18.0. The third-order valence-electron chi connectivity index (χ3n) is 4.02. The number of primary sulfonamides is 1. The zero-order valence-corrected chi connectivity index (χ0v) is 14.1. The molecular formula is C17H17FN2O4S. The number of ether oxygens (including phenoxy) is 1. The van der Waals surface area contributed by atoms with Gasteiger partial charge in [0.2, 0.25) is 10.0 Å². The van der Waals surface area contributed by atoms with Crippen molar-refractivity contribution in [3.8, 4) is 5.75 Å². The summed E-state index contributed by atoms with van der Waals surface area (Å²) in [6, 6.07) is 10.5. The number of nitrogens with two attached hydrogens (primary N) is 1. The van der Waals surface area contributed by atoms with E-state index in [4.69, 9.17) is 9.88 Å². The normalized spacial score (nSPS) is 16.6. The summed E-state index contributed by atoms with van der Waals surface area (Å²) in [5, 5.41) is 7.64. The van der Waals surface area contributed by atoms with E-state index in [1.807, 2.05) is 24.3 Å². The van der Waals surface area contributed by atoms with Crippen LogP contribution in [-0.4, -0.2) is 27.5 Å². The first-order valence-electron chi connectivity index (χ1n) is 7.66. The summed E-state index contributed by atoms with van der Waals surface area (Å²) in [7, 11) is -4.01. The number of benzene rings is 2. The predicted octanol–water partition coefficient (Wildman–Crippen LogP) is 1.45. The van der Waals surface area contributed by atoms with Crippen LogP contribution in [0.5, 0.6) is 5.75 Å². The van der Waals surface area contributed by atoms with Gasteiger partial charge in [-0.2, -0.15) is 0 Å². The van der Waals surface area contributed by atoms with Gasteiger partial charge in [0.05, 0.1) is 17.1 Å². The molecule has 3 rings (SSSR count). The summed E-state index contributed by atoms with van der Waals surface area (Å²) >= 11 is 0. The number of amides is 1. The van der Waals surface area contributed by atoms with Gasteiger partial charge in [0.1, 0.15) is 11.6 Å². The standard InChI is InChI=1S/C17H17FN2O4S/c18-15-6-5-13(25(19,22)23)8-14(15)17(21)20-9-11-7-12-3-1-2-4-16(12)24-10-11/h1-6,8,11H,7,9-10H2,(H,20,21)(H2,19,22,23). The highest BCUT2D eigenvalue weighted by molar-refractivity contribution is 7.89. The molecule has 132 valence electrons. The minimum Gasteiger partial charge on any atom is -0.493 e. The van der Waals surface area contributed by atoms with Gasteiger partial charge in [-0.3, -0.25) is 4.79 Å². The molecule has 1 heterocycles. The molecule has 25 heavy (non-hydrogen) atoms. The summed E-state index contributed by atoms with van der Waals surface area (Å²) in [6.45, 7) is 0.725. The highest BCUT2D eigenvalue weighted by Crippen LogP contribution is 2.26. The van der Waals surface area contributed by atoms with Crippen LogP contribution in [-0.2, 0) is 16.4 Å². The number of rotatable bonds is 4. The molecule has 8 heteroatoms. The van der Waals surface area contributed by atoms with E-state index in [1.165, 1.54) is 0 Å². The smallest absolute Gasteiger partial charge is 0.254 e. The lowest BCUT2D eigenvalue weighted by Crippen LogP contribution is -2.35. The Kier molecular flexibility index (Phi) is 4.73. The number of fused-ring (bicyclic) bond motifs is 1. The van der Waals surface area contributed by atoms with Crippen molar-refractivity contribution in [3.05, 3.63) is 59.4 Å². The fraction of sp³-hybridized carbons (Fsp3) is 0.235. The van der Waals surface area contributed by atoms with Gasteiger partial charge in [-0.15, -0.1) is 0 Å². The molecule has 3 N–H and O–H groups in total. The van der Waals surface area contributed by atoms with Crippen LogP contribution in [0.4, 0.5) is 4.39 Å². The Morgan fingerprint density at radius 1 is 1.28 bits per heavy atom. The van der Waals surface area contributed by atoms with E-state index in [1.54, 1.807) is 0 Å². The first-order valence-corrected chi connectivity index (χ1v) is 9.20. The van der Waals surface area contributed by atoms with E-state index in [9.17, 15) is 17.6 Å². The molecule has 2 aromatic carbocycles. The van der Waals surface area contributed by atoms with Gasteiger partial charge in [0, 0.05) is 12.5 Å². The second kappa shape index (κ2) is 6.81. The minimum absolute atomic E-state index is 0.0448. The van der Waals surface area contributed by atoms with Crippen molar-refractivity contribution >= 4 is 15.9 Å². The summed E-state index contributed by atoms with van der Waals surface area (Å²) < 4.78 is 42.2. The van der Waals surface area contributed by atoms with E-state index in [0.717, 1.165) is 35.9 Å². The van der Waals surface area contributed by atoms with Crippen LogP contribution in [0.25, 0.3) is 0 Å². The number of carbonyl (C=O) groups is 1. The van der Waals surface area contributed by atoms with Crippen LogP contribution in [0.3, 0.4) is 0 Å². The third kappa shape index (κ3) is 3.97. The Bertz CT molecular complexity index is 915. The molecule has 0 saturated heterocycles. The molecule has 0 saturated carbocycles. The van der Waals surface area contributed by atoms with Gasteiger partial charge in [-0.25, -0.2) is 17.9 Å². The monoisotopic (exact) mass is 364 g/mol. The average molecular weight is 364 g/mol. The van der Waals surface area contributed by atoms with Crippen LogP contribution < -0.4 is 15.2 Å². The Labute approximate surface area is 144 Å². The number of sulfonamides is 1. The number of hydrogen-bond acceptors (Lipinski definition) is 4. The van der Waals surface area contributed by atoms with E-state index in [-0.39, 0.29) is 22.9 Å². The molecule has 1 atom stereocenters. The van der Waals surface area contributed by atoms with E-state index < -0.39 is 21.7 Å². The third-order valence-corrected chi connectivity index (χ3v) is 4.93. The van der Waals surface area contributed by atoms with Crippen molar-refractivity contribution in [2.45, 2.75) is 11.3 Å². The molecule has 0 bridgehead atoms. The molecule has 0 aliphatic carbocycles. The van der Waals surface area contributed by atoms with E-state index in [2.05, 4.69) is 5.32 Å². The zero-order valence-electron chi connectivity index (χ0n) is 13.2. The first-order chi connectivity index (χ1) is 11.8. The maximum Gasteiger partial charge on any atom is 0.254 e. The Morgan fingerprint density at radius 3 is 2.80 bits per heavy atom. The van der Waals surface area contributed by atoms with Crippen LogP contribution in [0.15, 0.2) is 47.4 Å². The number of halogens is 1. The van der Waals surface area contributed by atoms with Gasteiger partial charge in [0.15, 0.2) is 0 Å². The summed E-state index contributed by atoms with van der Waals surface area (Å²) in [4.78, 5) is 11.9. The lowest BCUT2D eigenvalue weighted by Gasteiger charge is -2.25. The second-order valence-electron chi connectivity index (χ2n) is 5.89. The number of carbonyl (C=O) groups excluding carboxylic acids is 1. The number of hydrogen-bond donors (Lipinski definition) is 2. The van der Waals surface area contributed by atoms with Crippen molar-refractivity contribution in [1.82, 2.24) is 5.32 Å². The van der Waals surface area contributed by atoms with Crippen molar-refractivity contribution in [3.63, 3.8) is 0 Å². The number of para-hydroxylation sites is 1. The Morgan fingerprint density at radius 2 is 2.04 bits per heavy atom. The topological polar surface area (TPSA) is 98.5 Å². The molecule has 2 aromatic rings. The maximum absolute atomic E-state index is 13.8. The summed E-state index contributed by atoms with van der Waals surface area (Å²) in [5.74, 6) is -0.627. The molecule has 6 nitrogen and oxygen atoms in total. The van der Waals surface area contributed by atoms with Crippen LogP contribution in [0.1, 0.15) is 15.9 Å². The van der Waals surface area contributed by atoms with Gasteiger partial charge < -0.3 is 10.1 Å². The van der Waals surface area contributed by atoms with E-state index in [0.29, 0.717) is 6.61 Å². The molecule has 1 aliphatic heterocycles.